The lowest BCUT2D eigenvalue weighted by molar-refractivity contribution is 0.0526. The van der Waals surface area contributed by atoms with Crippen molar-refractivity contribution in [2.24, 2.45) is 0 Å². The summed E-state index contributed by atoms with van der Waals surface area (Å²) in [5.74, 6) is -0.392. The second-order valence-electron chi connectivity index (χ2n) is 5.79. The molecule has 0 amide bonds. The van der Waals surface area contributed by atoms with Gasteiger partial charge in [0.25, 0.3) is 0 Å². The smallest absolute Gasteiger partial charge is 0.340 e. The predicted molar refractivity (Wildman–Crippen MR) is 101 cm³/mol. The van der Waals surface area contributed by atoms with Crippen molar-refractivity contribution in [3.63, 3.8) is 0 Å². The average Bonchev–Trinajstić information content (AvgIpc) is 2.68. The van der Waals surface area contributed by atoms with Gasteiger partial charge in [-0.15, -0.1) is 0 Å². The highest BCUT2D eigenvalue weighted by molar-refractivity contribution is 5.99. The number of aryl methyl sites for hydroxylation is 1. The number of ether oxygens (including phenoxy) is 1. The van der Waals surface area contributed by atoms with Crippen molar-refractivity contribution in [1.29, 1.82) is 5.26 Å². The van der Waals surface area contributed by atoms with E-state index in [1.165, 1.54) is 0 Å². The van der Waals surface area contributed by atoms with Gasteiger partial charge in [-0.3, -0.25) is 4.98 Å². The summed E-state index contributed by atoms with van der Waals surface area (Å²) in [6.45, 7) is 3.89. The normalized spacial score (nSPS) is 10.2. The summed E-state index contributed by atoms with van der Waals surface area (Å²) < 4.78 is 5.23. The minimum atomic E-state index is -0.392. The van der Waals surface area contributed by atoms with Gasteiger partial charge in [0.2, 0.25) is 0 Å². The topological polar surface area (TPSA) is 63.0 Å². The quantitative estimate of drug-likeness (QED) is 0.641. The van der Waals surface area contributed by atoms with Gasteiger partial charge >= 0.3 is 5.97 Å². The molecule has 128 valence electrons. The lowest BCUT2D eigenvalue weighted by Crippen LogP contribution is -2.10. The van der Waals surface area contributed by atoms with E-state index in [9.17, 15) is 4.79 Å². The Morgan fingerprint density at radius 1 is 1.08 bits per heavy atom. The third-order valence-electron chi connectivity index (χ3n) is 4.07. The van der Waals surface area contributed by atoms with Crippen LogP contribution in [0.2, 0.25) is 0 Å². The molecule has 1 aromatic heterocycles. The standard InChI is InChI=1S/C22H18N2O2/c1-3-26-22(25)21-15(2)24-20(18-7-5-4-6-8-18)13-19(21)17-11-9-16(14-23)10-12-17/h4-13H,3H2,1-2H3. The van der Waals surface area contributed by atoms with E-state index in [0.717, 1.165) is 22.4 Å². The Labute approximate surface area is 152 Å². The van der Waals surface area contributed by atoms with E-state index in [0.29, 0.717) is 23.4 Å². The predicted octanol–water partition coefficient (Wildman–Crippen LogP) is 4.77. The molecule has 0 saturated carbocycles. The number of hydrogen-bond donors (Lipinski definition) is 0. The molecule has 0 bridgehead atoms. The molecule has 0 unspecified atom stereocenters. The first-order chi connectivity index (χ1) is 12.6. The van der Waals surface area contributed by atoms with Crippen LogP contribution in [0.25, 0.3) is 22.4 Å². The summed E-state index contributed by atoms with van der Waals surface area (Å²) in [4.78, 5) is 17.1. The molecular formula is C22H18N2O2. The Morgan fingerprint density at radius 3 is 2.38 bits per heavy atom. The molecule has 0 saturated heterocycles. The second-order valence-corrected chi connectivity index (χ2v) is 5.79. The fraction of sp³-hybridized carbons (Fsp3) is 0.136. The Balaban J connectivity index is 2.21. The van der Waals surface area contributed by atoms with Crippen molar-refractivity contribution in [2.45, 2.75) is 13.8 Å². The largest absolute Gasteiger partial charge is 0.462 e. The van der Waals surface area contributed by atoms with E-state index in [1.807, 2.05) is 55.5 Å². The number of esters is 1. The minimum absolute atomic E-state index is 0.297. The number of carbonyl (C=O) groups is 1. The van der Waals surface area contributed by atoms with Crippen LogP contribution in [0, 0.1) is 18.3 Å². The van der Waals surface area contributed by atoms with Gasteiger partial charge < -0.3 is 4.74 Å². The van der Waals surface area contributed by atoms with Crippen LogP contribution < -0.4 is 0 Å². The summed E-state index contributed by atoms with van der Waals surface area (Å²) in [5.41, 5.74) is 4.99. The molecule has 0 aliphatic carbocycles. The van der Waals surface area contributed by atoms with Gasteiger partial charge in [0, 0.05) is 11.1 Å². The van der Waals surface area contributed by atoms with Crippen molar-refractivity contribution in [3.05, 3.63) is 77.5 Å². The van der Waals surface area contributed by atoms with E-state index in [4.69, 9.17) is 10.00 Å². The highest BCUT2D eigenvalue weighted by atomic mass is 16.5. The van der Waals surface area contributed by atoms with Crippen molar-refractivity contribution in [3.8, 4) is 28.5 Å². The van der Waals surface area contributed by atoms with Gasteiger partial charge in [0.1, 0.15) is 0 Å². The van der Waals surface area contributed by atoms with E-state index in [2.05, 4.69) is 11.1 Å². The van der Waals surface area contributed by atoms with Crippen LogP contribution >= 0.6 is 0 Å². The molecule has 1 heterocycles. The maximum atomic E-state index is 12.5. The van der Waals surface area contributed by atoms with Crippen LogP contribution in [0.4, 0.5) is 0 Å². The van der Waals surface area contributed by atoms with Crippen molar-refractivity contribution >= 4 is 5.97 Å². The summed E-state index contributed by atoms with van der Waals surface area (Å²) in [7, 11) is 0. The zero-order valence-corrected chi connectivity index (χ0v) is 14.7. The maximum absolute atomic E-state index is 12.5. The van der Waals surface area contributed by atoms with Crippen LogP contribution in [0.1, 0.15) is 28.5 Å². The molecular weight excluding hydrogens is 324 g/mol. The van der Waals surface area contributed by atoms with Crippen LogP contribution in [0.5, 0.6) is 0 Å². The molecule has 4 nitrogen and oxygen atoms in total. The Hall–Kier alpha value is -3.45. The number of pyridine rings is 1. The Morgan fingerprint density at radius 2 is 1.77 bits per heavy atom. The number of carbonyl (C=O) groups excluding carboxylic acids is 1. The molecule has 26 heavy (non-hydrogen) atoms. The number of benzene rings is 2. The number of nitrogens with zero attached hydrogens (tertiary/aromatic N) is 2. The fourth-order valence-corrected chi connectivity index (χ4v) is 2.84. The van der Waals surface area contributed by atoms with Crippen molar-refractivity contribution in [2.75, 3.05) is 6.61 Å². The zero-order valence-electron chi connectivity index (χ0n) is 14.7. The van der Waals surface area contributed by atoms with Crippen molar-refractivity contribution < 1.29 is 9.53 Å². The van der Waals surface area contributed by atoms with E-state index in [1.54, 1.807) is 19.1 Å². The molecule has 0 N–H and O–H groups in total. The minimum Gasteiger partial charge on any atom is -0.462 e. The molecule has 0 aliphatic rings. The molecule has 2 aromatic carbocycles. The first-order valence-electron chi connectivity index (χ1n) is 8.38. The van der Waals surface area contributed by atoms with Crippen molar-refractivity contribution in [1.82, 2.24) is 4.98 Å². The van der Waals surface area contributed by atoms with Crippen LogP contribution in [0.3, 0.4) is 0 Å². The first-order valence-corrected chi connectivity index (χ1v) is 8.38. The SMILES string of the molecule is CCOC(=O)c1c(-c2ccc(C#N)cc2)cc(-c2ccccc2)nc1C. The number of aromatic nitrogens is 1. The number of hydrogen-bond acceptors (Lipinski definition) is 4. The highest BCUT2D eigenvalue weighted by Gasteiger charge is 2.20. The van der Waals surface area contributed by atoms with E-state index < -0.39 is 5.97 Å². The van der Waals surface area contributed by atoms with Gasteiger partial charge in [-0.1, -0.05) is 42.5 Å². The van der Waals surface area contributed by atoms with Gasteiger partial charge in [-0.25, -0.2) is 4.79 Å². The lowest BCUT2D eigenvalue weighted by Gasteiger charge is -2.14. The van der Waals surface area contributed by atoms with Crippen LogP contribution in [-0.4, -0.2) is 17.6 Å². The molecule has 0 fully saturated rings. The third kappa shape index (κ3) is 3.47. The van der Waals surface area contributed by atoms with Crippen LogP contribution in [-0.2, 0) is 4.74 Å². The summed E-state index contributed by atoms with van der Waals surface area (Å²) in [6.07, 6.45) is 0. The average molecular weight is 342 g/mol. The van der Waals surface area contributed by atoms with Gasteiger partial charge in [0.05, 0.1) is 35.2 Å². The van der Waals surface area contributed by atoms with E-state index in [-0.39, 0.29) is 0 Å². The molecule has 0 atom stereocenters. The van der Waals surface area contributed by atoms with Gasteiger partial charge in [-0.2, -0.15) is 5.26 Å². The Bertz CT molecular complexity index is 972. The second kappa shape index (κ2) is 7.62. The molecule has 3 aromatic rings. The van der Waals surface area contributed by atoms with Gasteiger partial charge in [0.15, 0.2) is 0 Å². The number of nitriles is 1. The highest BCUT2D eigenvalue weighted by Crippen LogP contribution is 2.31. The summed E-state index contributed by atoms with van der Waals surface area (Å²) in [6, 6.07) is 21.0. The Kier molecular flexibility index (Phi) is 5.09. The summed E-state index contributed by atoms with van der Waals surface area (Å²) >= 11 is 0. The molecule has 0 spiro atoms. The number of rotatable bonds is 4. The molecule has 0 aliphatic heterocycles. The third-order valence-corrected chi connectivity index (χ3v) is 4.07. The molecule has 0 radical (unpaired) electrons. The van der Waals surface area contributed by atoms with Gasteiger partial charge in [-0.05, 0) is 37.6 Å². The zero-order chi connectivity index (χ0) is 18.5. The summed E-state index contributed by atoms with van der Waals surface area (Å²) in [5, 5.41) is 9.01. The lowest BCUT2D eigenvalue weighted by atomic mass is 9.96. The van der Waals surface area contributed by atoms with Crippen LogP contribution in [0.15, 0.2) is 60.7 Å². The molecule has 3 rings (SSSR count). The van der Waals surface area contributed by atoms with E-state index >= 15 is 0 Å². The fourth-order valence-electron chi connectivity index (χ4n) is 2.84. The maximum Gasteiger partial charge on any atom is 0.340 e. The first kappa shape index (κ1) is 17.4. The molecule has 4 heteroatoms. The monoisotopic (exact) mass is 342 g/mol.